The van der Waals surface area contributed by atoms with Crippen LogP contribution in [0.5, 0.6) is 0 Å². The number of methoxy groups -OCH3 is 1. The molecule has 1 fully saturated rings. The normalized spacial score (nSPS) is 19.4. The fraction of sp³-hybridized carbons (Fsp3) is 0.600. The van der Waals surface area contributed by atoms with Gasteiger partial charge in [0.15, 0.2) is 0 Å². The average molecular weight is 248 g/mol. The Bertz CT molecular complexity index is 367. The Morgan fingerprint density at radius 2 is 2.22 bits per heavy atom. The van der Waals surface area contributed by atoms with E-state index in [0.29, 0.717) is 6.10 Å². The molecule has 0 aromatic heterocycles. The molecule has 1 unspecified atom stereocenters. The first kappa shape index (κ1) is 13.4. The summed E-state index contributed by atoms with van der Waals surface area (Å²) in [5.74, 6) is 0. The van der Waals surface area contributed by atoms with Gasteiger partial charge in [-0.05, 0) is 31.0 Å². The van der Waals surface area contributed by atoms with Crippen LogP contribution in [0.15, 0.2) is 24.3 Å². The van der Waals surface area contributed by atoms with Crippen molar-refractivity contribution in [1.82, 2.24) is 5.32 Å². The third-order valence-corrected chi connectivity index (χ3v) is 3.55. The van der Waals surface area contributed by atoms with Crippen molar-refractivity contribution in [2.24, 2.45) is 0 Å². The molecule has 0 saturated carbocycles. The number of anilines is 1. The molecule has 0 spiro atoms. The van der Waals surface area contributed by atoms with E-state index in [0.717, 1.165) is 32.6 Å². The summed E-state index contributed by atoms with van der Waals surface area (Å²) in [4.78, 5) is 2.44. The van der Waals surface area contributed by atoms with Crippen molar-refractivity contribution in [3.05, 3.63) is 29.8 Å². The van der Waals surface area contributed by atoms with Gasteiger partial charge in [0.2, 0.25) is 0 Å². The van der Waals surface area contributed by atoms with Gasteiger partial charge in [0.1, 0.15) is 0 Å². The standard InChI is InChI=1S/C15H24N2O/c1-3-9-16-11-13-6-4-5-7-15(13)17-10-8-14(12-17)18-2/h4-7,14,16H,3,8-12H2,1-2H3. The Hall–Kier alpha value is -1.06. The minimum atomic E-state index is 0.390. The number of hydrogen-bond acceptors (Lipinski definition) is 3. The van der Waals surface area contributed by atoms with Crippen molar-refractivity contribution < 1.29 is 4.74 Å². The first-order valence-electron chi connectivity index (χ1n) is 6.91. The molecule has 1 aliphatic rings. The second-order valence-electron chi connectivity index (χ2n) is 4.90. The van der Waals surface area contributed by atoms with Gasteiger partial charge in [-0.2, -0.15) is 0 Å². The zero-order valence-electron chi connectivity index (χ0n) is 11.5. The summed E-state index contributed by atoms with van der Waals surface area (Å²) in [6.45, 7) is 6.35. The van der Waals surface area contributed by atoms with Gasteiger partial charge in [-0.25, -0.2) is 0 Å². The van der Waals surface area contributed by atoms with Crippen molar-refractivity contribution in [2.75, 3.05) is 31.6 Å². The fourth-order valence-electron chi connectivity index (χ4n) is 2.51. The molecule has 18 heavy (non-hydrogen) atoms. The zero-order chi connectivity index (χ0) is 12.8. The highest BCUT2D eigenvalue weighted by Crippen LogP contribution is 2.25. The van der Waals surface area contributed by atoms with Gasteiger partial charge < -0.3 is 15.0 Å². The summed E-state index contributed by atoms with van der Waals surface area (Å²) in [6.07, 6.45) is 2.70. The molecule has 3 heteroatoms. The Balaban J connectivity index is 2.03. The molecule has 1 aromatic rings. The Kier molecular flexibility index (Phi) is 5.02. The third kappa shape index (κ3) is 3.24. The molecule has 0 aliphatic carbocycles. The molecule has 0 radical (unpaired) electrons. The van der Waals surface area contributed by atoms with E-state index < -0.39 is 0 Å². The van der Waals surface area contributed by atoms with E-state index in [2.05, 4.69) is 41.4 Å². The Morgan fingerprint density at radius 1 is 1.39 bits per heavy atom. The number of benzene rings is 1. The quantitative estimate of drug-likeness (QED) is 0.782. The summed E-state index contributed by atoms with van der Waals surface area (Å²) in [6, 6.07) is 8.69. The lowest BCUT2D eigenvalue weighted by Crippen LogP contribution is -2.24. The molecule has 1 atom stereocenters. The van der Waals surface area contributed by atoms with Crippen molar-refractivity contribution >= 4 is 5.69 Å². The monoisotopic (exact) mass is 248 g/mol. The molecule has 1 saturated heterocycles. The number of ether oxygens (including phenoxy) is 1. The van der Waals surface area contributed by atoms with Gasteiger partial charge in [0.25, 0.3) is 0 Å². The summed E-state index contributed by atoms with van der Waals surface area (Å²) in [5, 5.41) is 3.48. The molecule has 1 aromatic carbocycles. The van der Waals surface area contributed by atoms with E-state index in [-0.39, 0.29) is 0 Å². The van der Waals surface area contributed by atoms with Gasteiger partial charge in [-0.3, -0.25) is 0 Å². The maximum Gasteiger partial charge on any atom is 0.0762 e. The van der Waals surface area contributed by atoms with Crippen LogP contribution in [0, 0.1) is 0 Å². The van der Waals surface area contributed by atoms with Crippen LogP contribution in [0.1, 0.15) is 25.3 Å². The number of hydrogen-bond donors (Lipinski definition) is 1. The summed E-state index contributed by atoms with van der Waals surface area (Å²) in [5.41, 5.74) is 2.75. The average Bonchev–Trinajstić information content (AvgIpc) is 2.88. The van der Waals surface area contributed by atoms with E-state index >= 15 is 0 Å². The highest BCUT2D eigenvalue weighted by Gasteiger charge is 2.23. The van der Waals surface area contributed by atoms with Crippen LogP contribution in [0.4, 0.5) is 5.69 Å². The van der Waals surface area contributed by atoms with Crippen molar-refractivity contribution in [3.63, 3.8) is 0 Å². The van der Waals surface area contributed by atoms with Gasteiger partial charge in [0, 0.05) is 32.4 Å². The molecule has 3 nitrogen and oxygen atoms in total. The SMILES string of the molecule is CCCNCc1ccccc1N1CCC(OC)C1. The highest BCUT2D eigenvalue weighted by atomic mass is 16.5. The maximum atomic E-state index is 5.44. The minimum Gasteiger partial charge on any atom is -0.380 e. The van der Waals surface area contributed by atoms with Gasteiger partial charge >= 0.3 is 0 Å². The lowest BCUT2D eigenvalue weighted by Gasteiger charge is -2.22. The second kappa shape index (κ2) is 6.76. The fourth-order valence-corrected chi connectivity index (χ4v) is 2.51. The molecule has 1 aliphatic heterocycles. The van der Waals surface area contributed by atoms with E-state index in [1.807, 2.05) is 7.11 Å². The van der Waals surface area contributed by atoms with E-state index in [9.17, 15) is 0 Å². The molecular weight excluding hydrogens is 224 g/mol. The van der Waals surface area contributed by atoms with Gasteiger partial charge in [-0.15, -0.1) is 0 Å². The topological polar surface area (TPSA) is 24.5 Å². The lowest BCUT2D eigenvalue weighted by atomic mass is 10.1. The van der Waals surface area contributed by atoms with E-state index in [1.165, 1.54) is 17.7 Å². The maximum absolute atomic E-state index is 5.44. The third-order valence-electron chi connectivity index (χ3n) is 3.55. The Morgan fingerprint density at radius 3 is 2.94 bits per heavy atom. The molecule has 0 bridgehead atoms. The van der Waals surface area contributed by atoms with Gasteiger partial charge in [0.05, 0.1) is 6.10 Å². The summed E-state index contributed by atoms with van der Waals surface area (Å²) < 4.78 is 5.44. The van der Waals surface area contributed by atoms with Crippen LogP contribution in [-0.4, -0.2) is 32.8 Å². The smallest absolute Gasteiger partial charge is 0.0762 e. The predicted molar refractivity (Wildman–Crippen MR) is 76.1 cm³/mol. The highest BCUT2D eigenvalue weighted by molar-refractivity contribution is 5.54. The van der Waals surface area contributed by atoms with Crippen molar-refractivity contribution in [3.8, 4) is 0 Å². The molecular formula is C15H24N2O. The molecule has 100 valence electrons. The van der Waals surface area contributed by atoms with Crippen LogP contribution < -0.4 is 10.2 Å². The van der Waals surface area contributed by atoms with Crippen molar-refractivity contribution in [1.29, 1.82) is 0 Å². The molecule has 0 amide bonds. The number of para-hydroxylation sites is 1. The zero-order valence-corrected chi connectivity index (χ0v) is 11.5. The first-order chi connectivity index (χ1) is 8.85. The molecule has 1 N–H and O–H groups in total. The van der Waals surface area contributed by atoms with Crippen LogP contribution in [0.25, 0.3) is 0 Å². The lowest BCUT2D eigenvalue weighted by molar-refractivity contribution is 0.121. The van der Waals surface area contributed by atoms with E-state index in [1.54, 1.807) is 0 Å². The number of nitrogens with zero attached hydrogens (tertiary/aromatic N) is 1. The number of rotatable bonds is 6. The van der Waals surface area contributed by atoms with Gasteiger partial charge in [-0.1, -0.05) is 25.1 Å². The summed E-state index contributed by atoms with van der Waals surface area (Å²) in [7, 11) is 1.81. The summed E-state index contributed by atoms with van der Waals surface area (Å²) >= 11 is 0. The first-order valence-corrected chi connectivity index (χ1v) is 6.91. The van der Waals surface area contributed by atoms with Crippen LogP contribution in [-0.2, 0) is 11.3 Å². The van der Waals surface area contributed by atoms with Crippen LogP contribution >= 0.6 is 0 Å². The molecule has 2 rings (SSSR count). The number of nitrogens with one attached hydrogen (secondary N) is 1. The van der Waals surface area contributed by atoms with Crippen LogP contribution in [0.2, 0.25) is 0 Å². The minimum absolute atomic E-state index is 0.390. The van der Waals surface area contributed by atoms with Crippen molar-refractivity contribution in [2.45, 2.75) is 32.4 Å². The van der Waals surface area contributed by atoms with E-state index in [4.69, 9.17) is 4.74 Å². The largest absolute Gasteiger partial charge is 0.380 e. The van der Waals surface area contributed by atoms with Crippen LogP contribution in [0.3, 0.4) is 0 Å². The second-order valence-corrected chi connectivity index (χ2v) is 4.90. The Labute approximate surface area is 110 Å². The predicted octanol–water partition coefficient (Wildman–Crippen LogP) is 2.41. The molecule has 1 heterocycles.